The third-order valence-corrected chi connectivity index (χ3v) is 3.69. The summed E-state index contributed by atoms with van der Waals surface area (Å²) in [6, 6.07) is 5.37. The van der Waals surface area contributed by atoms with E-state index in [1.165, 1.54) is 0 Å². The molecule has 1 fully saturated rings. The van der Waals surface area contributed by atoms with Gasteiger partial charge in [-0.2, -0.15) is 0 Å². The molecule has 0 radical (unpaired) electrons. The van der Waals surface area contributed by atoms with Gasteiger partial charge < -0.3 is 20.9 Å². The molecule has 2 rings (SSSR count). The van der Waals surface area contributed by atoms with Crippen LogP contribution in [-0.4, -0.2) is 49.4 Å². The molecule has 0 saturated carbocycles. The Labute approximate surface area is 124 Å². The second-order valence-corrected chi connectivity index (χ2v) is 5.13. The van der Waals surface area contributed by atoms with E-state index in [0.29, 0.717) is 30.9 Å². The lowest BCUT2D eigenvalue weighted by Crippen LogP contribution is -2.48. The van der Waals surface area contributed by atoms with Crippen LogP contribution in [-0.2, 0) is 4.79 Å². The largest absolute Gasteiger partial charge is 0.397 e. The lowest BCUT2D eigenvalue weighted by molar-refractivity contribution is -0.129. The van der Waals surface area contributed by atoms with E-state index in [-0.39, 0.29) is 11.8 Å². The summed E-state index contributed by atoms with van der Waals surface area (Å²) in [5.41, 5.74) is 8.16. The van der Waals surface area contributed by atoms with Crippen molar-refractivity contribution in [2.45, 2.75) is 13.8 Å². The summed E-state index contributed by atoms with van der Waals surface area (Å²) in [4.78, 5) is 27.1. The molecule has 1 heterocycles. The molecule has 1 aliphatic rings. The Kier molecular flexibility index (Phi) is 4.67. The van der Waals surface area contributed by atoms with Gasteiger partial charge in [-0.05, 0) is 25.1 Å². The molecule has 1 aromatic carbocycles. The van der Waals surface area contributed by atoms with Gasteiger partial charge in [0.25, 0.3) is 5.91 Å². The molecule has 0 aromatic heterocycles. The number of nitrogens with zero attached hydrogens (tertiary/aromatic N) is 2. The Balaban J connectivity index is 2.08. The van der Waals surface area contributed by atoms with E-state index >= 15 is 0 Å². The van der Waals surface area contributed by atoms with Crippen molar-refractivity contribution in [3.05, 3.63) is 23.8 Å². The van der Waals surface area contributed by atoms with Crippen molar-refractivity contribution in [2.75, 3.05) is 43.4 Å². The highest BCUT2D eigenvalue weighted by molar-refractivity contribution is 5.96. The lowest BCUT2D eigenvalue weighted by atomic mass is 10.1. The number of piperazine rings is 1. The highest BCUT2D eigenvalue weighted by Gasteiger charge is 2.20. The minimum atomic E-state index is -0.114. The standard InChI is InChI=1S/C15H22N4O2/c1-3-17-15(21)12-4-5-14(13(16)10-12)19-8-6-18(7-9-19)11(2)20/h4-5,10H,3,6-9,16H2,1-2H3,(H,17,21). The molecule has 1 aliphatic heterocycles. The number of amides is 2. The summed E-state index contributed by atoms with van der Waals surface area (Å²) < 4.78 is 0. The minimum absolute atomic E-state index is 0.106. The lowest BCUT2D eigenvalue weighted by Gasteiger charge is -2.36. The number of nitrogens with one attached hydrogen (secondary N) is 1. The Morgan fingerprint density at radius 1 is 1.24 bits per heavy atom. The number of hydrogen-bond donors (Lipinski definition) is 2. The third kappa shape index (κ3) is 3.45. The van der Waals surface area contributed by atoms with E-state index in [2.05, 4.69) is 10.2 Å². The van der Waals surface area contributed by atoms with Crippen molar-refractivity contribution in [1.29, 1.82) is 0 Å². The maximum atomic E-state index is 11.8. The van der Waals surface area contributed by atoms with E-state index in [0.717, 1.165) is 18.8 Å². The van der Waals surface area contributed by atoms with Crippen molar-refractivity contribution >= 4 is 23.2 Å². The maximum Gasteiger partial charge on any atom is 0.251 e. The summed E-state index contributed by atoms with van der Waals surface area (Å²) in [5, 5.41) is 2.75. The number of carbonyl (C=O) groups excluding carboxylic acids is 2. The van der Waals surface area contributed by atoms with E-state index in [1.807, 2.05) is 17.9 Å². The summed E-state index contributed by atoms with van der Waals surface area (Å²) in [5.74, 6) is -0.00800. The van der Waals surface area contributed by atoms with E-state index in [1.54, 1.807) is 19.1 Å². The molecule has 1 saturated heterocycles. The molecular weight excluding hydrogens is 268 g/mol. The molecule has 0 bridgehead atoms. The zero-order valence-corrected chi connectivity index (χ0v) is 12.6. The highest BCUT2D eigenvalue weighted by Crippen LogP contribution is 2.25. The van der Waals surface area contributed by atoms with E-state index in [4.69, 9.17) is 5.73 Å². The van der Waals surface area contributed by atoms with Gasteiger partial charge in [0.1, 0.15) is 0 Å². The van der Waals surface area contributed by atoms with Gasteiger partial charge in [0.2, 0.25) is 5.91 Å². The van der Waals surface area contributed by atoms with Crippen molar-refractivity contribution < 1.29 is 9.59 Å². The van der Waals surface area contributed by atoms with Crippen LogP contribution >= 0.6 is 0 Å². The Bertz CT molecular complexity index is 536. The average Bonchev–Trinajstić information content (AvgIpc) is 2.47. The fourth-order valence-electron chi connectivity index (χ4n) is 2.51. The zero-order valence-electron chi connectivity index (χ0n) is 12.6. The Morgan fingerprint density at radius 3 is 2.43 bits per heavy atom. The van der Waals surface area contributed by atoms with Crippen LogP contribution in [0.25, 0.3) is 0 Å². The molecule has 1 aromatic rings. The topological polar surface area (TPSA) is 78.7 Å². The van der Waals surface area contributed by atoms with Gasteiger partial charge in [0, 0.05) is 45.2 Å². The normalized spacial score (nSPS) is 15.0. The number of hydrogen-bond acceptors (Lipinski definition) is 4. The number of nitrogens with two attached hydrogens (primary N) is 1. The number of rotatable bonds is 3. The van der Waals surface area contributed by atoms with Crippen LogP contribution in [0.15, 0.2) is 18.2 Å². The molecular formula is C15H22N4O2. The number of benzene rings is 1. The molecule has 0 spiro atoms. The number of carbonyl (C=O) groups is 2. The first kappa shape index (κ1) is 15.2. The van der Waals surface area contributed by atoms with Crippen molar-refractivity contribution in [3.63, 3.8) is 0 Å². The van der Waals surface area contributed by atoms with Crippen molar-refractivity contribution in [1.82, 2.24) is 10.2 Å². The summed E-state index contributed by atoms with van der Waals surface area (Å²) in [6.45, 7) is 6.97. The predicted octanol–water partition coefficient (Wildman–Crippen LogP) is 0.687. The highest BCUT2D eigenvalue weighted by atomic mass is 16.2. The third-order valence-electron chi connectivity index (χ3n) is 3.69. The smallest absolute Gasteiger partial charge is 0.251 e. The summed E-state index contributed by atoms with van der Waals surface area (Å²) in [6.07, 6.45) is 0. The van der Waals surface area contributed by atoms with Gasteiger partial charge >= 0.3 is 0 Å². The van der Waals surface area contributed by atoms with Crippen LogP contribution in [0.4, 0.5) is 11.4 Å². The van der Waals surface area contributed by atoms with Crippen molar-refractivity contribution in [2.24, 2.45) is 0 Å². The Morgan fingerprint density at radius 2 is 1.90 bits per heavy atom. The first-order valence-electron chi connectivity index (χ1n) is 7.21. The molecule has 21 heavy (non-hydrogen) atoms. The number of anilines is 2. The van der Waals surface area contributed by atoms with Gasteiger partial charge in [-0.25, -0.2) is 0 Å². The Hall–Kier alpha value is -2.24. The van der Waals surface area contributed by atoms with Gasteiger partial charge in [-0.15, -0.1) is 0 Å². The quantitative estimate of drug-likeness (QED) is 0.803. The van der Waals surface area contributed by atoms with Gasteiger partial charge in [-0.1, -0.05) is 0 Å². The second kappa shape index (κ2) is 6.47. The molecule has 6 nitrogen and oxygen atoms in total. The van der Waals surface area contributed by atoms with Crippen LogP contribution in [0.3, 0.4) is 0 Å². The molecule has 6 heteroatoms. The number of nitrogen functional groups attached to an aromatic ring is 1. The van der Waals surface area contributed by atoms with Crippen LogP contribution in [0.1, 0.15) is 24.2 Å². The van der Waals surface area contributed by atoms with E-state index < -0.39 is 0 Å². The van der Waals surface area contributed by atoms with Crippen LogP contribution in [0.2, 0.25) is 0 Å². The maximum absolute atomic E-state index is 11.8. The van der Waals surface area contributed by atoms with Crippen molar-refractivity contribution in [3.8, 4) is 0 Å². The van der Waals surface area contributed by atoms with Crippen LogP contribution in [0.5, 0.6) is 0 Å². The molecule has 114 valence electrons. The van der Waals surface area contributed by atoms with Gasteiger partial charge in [-0.3, -0.25) is 9.59 Å². The molecule has 0 aliphatic carbocycles. The molecule has 2 amide bonds. The van der Waals surface area contributed by atoms with Gasteiger partial charge in [0.05, 0.1) is 11.4 Å². The predicted molar refractivity (Wildman–Crippen MR) is 83.3 cm³/mol. The fraction of sp³-hybridized carbons (Fsp3) is 0.467. The average molecular weight is 290 g/mol. The van der Waals surface area contributed by atoms with E-state index in [9.17, 15) is 9.59 Å². The molecule has 0 unspecified atom stereocenters. The SMILES string of the molecule is CCNC(=O)c1ccc(N2CCN(C(C)=O)CC2)c(N)c1. The minimum Gasteiger partial charge on any atom is -0.397 e. The first-order valence-corrected chi connectivity index (χ1v) is 7.21. The monoisotopic (exact) mass is 290 g/mol. The van der Waals surface area contributed by atoms with Crippen LogP contribution in [0, 0.1) is 0 Å². The molecule has 0 atom stereocenters. The first-order chi connectivity index (χ1) is 10.0. The molecule has 3 N–H and O–H groups in total. The van der Waals surface area contributed by atoms with Gasteiger partial charge in [0.15, 0.2) is 0 Å². The fourth-order valence-corrected chi connectivity index (χ4v) is 2.51. The van der Waals surface area contributed by atoms with Crippen LogP contribution < -0.4 is 16.0 Å². The zero-order chi connectivity index (χ0) is 15.4. The summed E-state index contributed by atoms with van der Waals surface area (Å²) >= 11 is 0. The summed E-state index contributed by atoms with van der Waals surface area (Å²) in [7, 11) is 0. The second-order valence-electron chi connectivity index (χ2n) is 5.13.